The molecule has 0 N–H and O–H groups in total. The lowest BCUT2D eigenvalue weighted by Gasteiger charge is -2.07. The minimum Gasteiger partial charge on any atom is -0.490 e. The highest BCUT2D eigenvalue weighted by atomic mass is 19.1. The van der Waals surface area contributed by atoms with Gasteiger partial charge in [0.05, 0.1) is 11.7 Å². The van der Waals surface area contributed by atoms with Crippen LogP contribution in [0.1, 0.15) is 34.3 Å². The van der Waals surface area contributed by atoms with E-state index in [0.29, 0.717) is 11.3 Å². The summed E-state index contributed by atoms with van der Waals surface area (Å²) in [6.07, 6.45) is 2.39. The average molecular weight is 270 g/mol. The van der Waals surface area contributed by atoms with E-state index in [0.717, 1.165) is 18.4 Å². The molecule has 1 aliphatic carbocycles. The predicted octanol–water partition coefficient (Wildman–Crippen LogP) is 3.91. The van der Waals surface area contributed by atoms with E-state index in [1.54, 1.807) is 30.3 Å². The van der Waals surface area contributed by atoms with Gasteiger partial charge >= 0.3 is 0 Å². The van der Waals surface area contributed by atoms with Crippen LogP contribution in [0.25, 0.3) is 0 Å². The molecule has 0 heterocycles. The molecular formula is C17H15FO2. The number of rotatable bonds is 4. The number of carbonyl (C=O) groups is 1. The quantitative estimate of drug-likeness (QED) is 0.787. The molecule has 0 radical (unpaired) electrons. The van der Waals surface area contributed by atoms with Crippen molar-refractivity contribution in [2.24, 2.45) is 0 Å². The van der Waals surface area contributed by atoms with Crippen LogP contribution in [0.3, 0.4) is 0 Å². The molecule has 2 aromatic carbocycles. The van der Waals surface area contributed by atoms with Crippen LogP contribution in [0, 0.1) is 12.7 Å². The molecule has 3 heteroatoms. The predicted molar refractivity (Wildman–Crippen MR) is 74.7 cm³/mol. The molecule has 0 amide bonds. The summed E-state index contributed by atoms with van der Waals surface area (Å²) in [7, 11) is 0. The van der Waals surface area contributed by atoms with Crippen molar-refractivity contribution in [2.45, 2.75) is 25.9 Å². The third-order valence-corrected chi connectivity index (χ3v) is 3.29. The molecule has 1 fully saturated rings. The number of halogens is 1. The third kappa shape index (κ3) is 2.72. The van der Waals surface area contributed by atoms with Crippen molar-refractivity contribution in [3.05, 3.63) is 65.0 Å². The topological polar surface area (TPSA) is 26.3 Å². The summed E-state index contributed by atoms with van der Waals surface area (Å²) in [5.41, 5.74) is 1.42. The Kier molecular flexibility index (Phi) is 3.26. The summed E-state index contributed by atoms with van der Waals surface area (Å²) in [6.45, 7) is 1.84. The zero-order valence-corrected chi connectivity index (χ0v) is 11.2. The maximum Gasteiger partial charge on any atom is 0.196 e. The zero-order chi connectivity index (χ0) is 14.1. The molecule has 0 aromatic heterocycles. The molecule has 20 heavy (non-hydrogen) atoms. The van der Waals surface area contributed by atoms with Crippen LogP contribution in [0.5, 0.6) is 5.75 Å². The van der Waals surface area contributed by atoms with E-state index in [9.17, 15) is 9.18 Å². The van der Waals surface area contributed by atoms with Gasteiger partial charge in [-0.05, 0) is 44.0 Å². The highest BCUT2D eigenvalue weighted by Gasteiger charge is 2.24. The Labute approximate surface area is 117 Å². The fraction of sp³-hybridized carbons (Fsp3) is 0.235. The molecule has 1 saturated carbocycles. The second kappa shape index (κ2) is 5.08. The molecule has 2 nitrogen and oxygen atoms in total. The molecule has 102 valence electrons. The lowest BCUT2D eigenvalue weighted by atomic mass is 10.0. The van der Waals surface area contributed by atoms with E-state index < -0.39 is 5.82 Å². The largest absolute Gasteiger partial charge is 0.490 e. The molecule has 0 aliphatic heterocycles. The maximum atomic E-state index is 13.8. The van der Waals surface area contributed by atoms with Gasteiger partial charge in [0.25, 0.3) is 0 Å². The summed E-state index contributed by atoms with van der Waals surface area (Å²) >= 11 is 0. The Hall–Kier alpha value is -2.16. The number of aryl methyl sites for hydroxylation is 1. The molecule has 0 unspecified atom stereocenters. The summed E-state index contributed by atoms with van der Waals surface area (Å²) in [5, 5.41) is 0. The van der Waals surface area contributed by atoms with Crippen LogP contribution in [0.2, 0.25) is 0 Å². The van der Waals surface area contributed by atoms with Crippen molar-refractivity contribution < 1.29 is 13.9 Å². The first-order valence-corrected chi connectivity index (χ1v) is 6.71. The van der Waals surface area contributed by atoms with Gasteiger partial charge in [0.1, 0.15) is 11.6 Å². The summed E-state index contributed by atoms with van der Waals surface area (Å²) in [5.74, 6) is -0.132. The lowest BCUT2D eigenvalue weighted by Crippen LogP contribution is -2.05. The van der Waals surface area contributed by atoms with Crippen LogP contribution in [-0.2, 0) is 0 Å². The first kappa shape index (κ1) is 12.9. The Morgan fingerprint density at radius 2 is 2.00 bits per heavy atom. The molecule has 0 atom stereocenters. The lowest BCUT2D eigenvalue weighted by molar-refractivity contribution is 0.103. The number of benzene rings is 2. The van der Waals surface area contributed by atoms with E-state index in [1.165, 1.54) is 6.07 Å². The van der Waals surface area contributed by atoms with Crippen molar-refractivity contribution in [3.63, 3.8) is 0 Å². The van der Waals surface area contributed by atoms with Crippen LogP contribution >= 0.6 is 0 Å². The first-order valence-electron chi connectivity index (χ1n) is 6.71. The van der Waals surface area contributed by atoms with Crippen molar-refractivity contribution >= 4 is 5.78 Å². The molecule has 0 bridgehead atoms. The van der Waals surface area contributed by atoms with Crippen LogP contribution in [-0.4, -0.2) is 11.9 Å². The van der Waals surface area contributed by atoms with Gasteiger partial charge < -0.3 is 4.74 Å². The Balaban J connectivity index is 1.91. The summed E-state index contributed by atoms with van der Waals surface area (Å²) in [6, 6.07) is 11.5. The smallest absolute Gasteiger partial charge is 0.196 e. The SMILES string of the molecule is Cc1ccc(F)c(C(=O)c2cccc(OC3CC3)c2)c1. The van der Waals surface area contributed by atoms with E-state index in [-0.39, 0.29) is 17.5 Å². The molecule has 3 rings (SSSR count). The van der Waals surface area contributed by atoms with Gasteiger partial charge in [0.2, 0.25) is 0 Å². The third-order valence-electron chi connectivity index (χ3n) is 3.29. The van der Waals surface area contributed by atoms with Crippen LogP contribution in [0.4, 0.5) is 4.39 Å². The van der Waals surface area contributed by atoms with Crippen molar-refractivity contribution in [1.82, 2.24) is 0 Å². The summed E-state index contributed by atoms with van der Waals surface area (Å²) in [4.78, 5) is 12.4. The summed E-state index contributed by atoms with van der Waals surface area (Å²) < 4.78 is 19.4. The monoisotopic (exact) mass is 270 g/mol. The first-order chi connectivity index (χ1) is 9.63. The standard InChI is InChI=1S/C17H15FO2/c1-11-5-8-16(18)15(9-11)17(19)12-3-2-4-14(10-12)20-13-6-7-13/h2-5,8-10,13H,6-7H2,1H3. The van der Waals surface area contributed by atoms with Crippen LogP contribution < -0.4 is 4.74 Å². The minimum absolute atomic E-state index is 0.105. The molecule has 1 aliphatic rings. The normalized spacial score (nSPS) is 14.1. The minimum atomic E-state index is -0.492. The Bertz CT molecular complexity index is 660. The second-order valence-corrected chi connectivity index (χ2v) is 5.16. The van der Waals surface area contributed by atoms with Gasteiger partial charge in [-0.25, -0.2) is 4.39 Å². The highest BCUT2D eigenvalue weighted by Crippen LogP contribution is 2.27. The van der Waals surface area contributed by atoms with E-state index in [1.807, 2.05) is 13.0 Å². The fourth-order valence-corrected chi connectivity index (χ4v) is 2.06. The molecule has 0 saturated heterocycles. The zero-order valence-electron chi connectivity index (χ0n) is 11.2. The van der Waals surface area contributed by atoms with Crippen molar-refractivity contribution in [2.75, 3.05) is 0 Å². The van der Waals surface area contributed by atoms with Gasteiger partial charge in [0.15, 0.2) is 5.78 Å². The molecule has 2 aromatic rings. The maximum absolute atomic E-state index is 13.8. The Morgan fingerprint density at radius 3 is 2.75 bits per heavy atom. The van der Waals surface area contributed by atoms with Gasteiger partial charge in [-0.3, -0.25) is 4.79 Å². The van der Waals surface area contributed by atoms with Gasteiger partial charge in [-0.2, -0.15) is 0 Å². The van der Waals surface area contributed by atoms with Crippen LogP contribution in [0.15, 0.2) is 42.5 Å². The fourth-order valence-electron chi connectivity index (χ4n) is 2.06. The van der Waals surface area contributed by atoms with E-state index in [4.69, 9.17) is 4.74 Å². The number of ether oxygens (including phenoxy) is 1. The molecule has 0 spiro atoms. The number of carbonyl (C=O) groups excluding carboxylic acids is 1. The van der Waals surface area contributed by atoms with E-state index in [2.05, 4.69) is 0 Å². The average Bonchev–Trinajstić information content (AvgIpc) is 3.25. The van der Waals surface area contributed by atoms with E-state index >= 15 is 0 Å². The number of hydrogen-bond acceptors (Lipinski definition) is 2. The highest BCUT2D eigenvalue weighted by molar-refractivity contribution is 6.09. The van der Waals surface area contributed by atoms with Crippen molar-refractivity contribution in [3.8, 4) is 5.75 Å². The Morgan fingerprint density at radius 1 is 1.20 bits per heavy atom. The second-order valence-electron chi connectivity index (χ2n) is 5.16. The van der Waals surface area contributed by atoms with Crippen molar-refractivity contribution in [1.29, 1.82) is 0 Å². The number of hydrogen-bond donors (Lipinski definition) is 0. The molecular weight excluding hydrogens is 255 g/mol. The van der Waals surface area contributed by atoms with Gasteiger partial charge in [0, 0.05) is 5.56 Å². The van der Waals surface area contributed by atoms with Gasteiger partial charge in [-0.1, -0.05) is 23.8 Å². The van der Waals surface area contributed by atoms with Gasteiger partial charge in [-0.15, -0.1) is 0 Å². The number of ketones is 1.